The van der Waals surface area contributed by atoms with E-state index in [2.05, 4.69) is 15.9 Å². The van der Waals surface area contributed by atoms with Crippen LogP contribution in [0.4, 0.5) is 0 Å². The first-order valence-corrected chi connectivity index (χ1v) is 7.56. The summed E-state index contributed by atoms with van der Waals surface area (Å²) in [4.78, 5) is 12.3. The Morgan fingerprint density at radius 3 is 2.83 bits per heavy atom. The van der Waals surface area contributed by atoms with Gasteiger partial charge in [0.1, 0.15) is 0 Å². The van der Waals surface area contributed by atoms with Gasteiger partial charge in [-0.1, -0.05) is 15.9 Å². The molecule has 5 nitrogen and oxygen atoms in total. The number of carbonyl (C=O) groups is 1. The van der Waals surface area contributed by atoms with Crippen LogP contribution in [0.25, 0.3) is 6.08 Å². The van der Waals surface area contributed by atoms with Crippen LogP contribution in [-0.4, -0.2) is 24.8 Å². The Morgan fingerprint density at radius 2 is 2.04 bits per heavy atom. The van der Waals surface area contributed by atoms with Crippen LogP contribution in [0.1, 0.15) is 15.9 Å². The SMILES string of the molecule is COc1cc(Br)c(/C=C/C(=O)c2ccc3c(c2)OCO3)cc1O. The maximum absolute atomic E-state index is 12.3. The molecule has 2 aromatic carbocycles. The number of aromatic hydroxyl groups is 1. The van der Waals surface area contributed by atoms with Crippen LogP contribution in [-0.2, 0) is 0 Å². The fraction of sp³-hybridized carbons (Fsp3) is 0.118. The lowest BCUT2D eigenvalue weighted by Gasteiger charge is -2.06. The highest BCUT2D eigenvalue weighted by Gasteiger charge is 2.15. The topological polar surface area (TPSA) is 65.0 Å². The van der Waals surface area contributed by atoms with Crippen LogP contribution in [0.15, 0.2) is 40.9 Å². The molecule has 6 heteroatoms. The van der Waals surface area contributed by atoms with E-state index in [9.17, 15) is 9.90 Å². The number of rotatable bonds is 4. The molecule has 0 fully saturated rings. The number of hydrogen-bond acceptors (Lipinski definition) is 5. The molecular weight excluding hydrogens is 364 g/mol. The van der Waals surface area contributed by atoms with E-state index in [4.69, 9.17) is 14.2 Å². The smallest absolute Gasteiger partial charge is 0.231 e. The van der Waals surface area contributed by atoms with Crippen LogP contribution in [0.5, 0.6) is 23.0 Å². The van der Waals surface area contributed by atoms with Gasteiger partial charge in [-0.25, -0.2) is 0 Å². The maximum Gasteiger partial charge on any atom is 0.231 e. The molecule has 1 N–H and O–H groups in total. The van der Waals surface area contributed by atoms with Gasteiger partial charge in [-0.2, -0.15) is 0 Å². The predicted molar refractivity (Wildman–Crippen MR) is 88.3 cm³/mol. The van der Waals surface area contributed by atoms with Gasteiger partial charge in [0.25, 0.3) is 0 Å². The molecule has 0 radical (unpaired) electrons. The summed E-state index contributed by atoms with van der Waals surface area (Å²) in [6.07, 6.45) is 3.06. The third-order valence-electron chi connectivity index (χ3n) is 3.37. The Labute approximate surface area is 141 Å². The number of phenolic OH excluding ortho intramolecular Hbond substituents is 1. The van der Waals surface area contributed by atoms with Crippen LogP contribution < -0.4 is 14.2 Å². The highest BCUT2D eigenvalue weighted by molar-refractivity contribution is 9.10. The van der Waals surface area contributed by atoms with Crippen molar-refractivity contribution in [2.24, 2.45) is 0 Å². The van der Waals surface area contributed by atoms with E-state index in [0.29, 0.717) is 32.8 Å². The molecule has 0 aromatic heterocycles. The highest BCUT2D eigenvalue weighted by Crippen LogP contribution is 2.34. The summed E-state index contributed by atoms with van der Waals surface area (Å²) in [6.45, 7) is 0.168. The maximum atomic E-state index is 12.3. The zero-order chi connectivity index (χ0) is 16.4. The Hall–Kier alpha value is -2.47. The van der Waals surface area contributed by atoms with Gasteiger partial charge in [0.15, 0.2) is 28.8 Å². The molecule has 0 amide bonds. The van der Waals surface area contributed by atoms with Gasteiger partial charge in [-0.3, -0.25) is 4.79 Å². The fourth-order valence-corrected chi connectivity index (χ4v) is 2.62. The number of phenols is 1. The largest absolute Gasteiger partial charge is 0.504 e. The summed E-state index contributed by atoms with van der Waals surface area (Å²) in [6, 6.07) is 8.20. The molecule has 0 unspecified atom stereocenters. The number of ether oxygens (including phenoxy) is 3. The van der Waals surface area contributed by atoms with Gasteiger partial charge in [-0.05, 0) is 48.0 Å². The van der Waals surface area contributed by atoms with Gasteiger partial charge >= 0.3 is 0 Å². The van der Waals surface area contributed by atoms with E-state index < -0.39 is 0 Å². The summed E-state index contributed by atoms with van der Waals surface area (Å²) >= 11 is 3.38. The van der Waals surface area contributed by atoms with Crippen molar-refractivity contribution in [1.82, 2.24) is 0 Å². The number of hydrogen-bond donors (Lipinski definition) is 1. The molecule has 0 atom stereocenters. The van der Waals surface area contributed by atoms with Crippen LogP contribution >= 0.6 is 15.9 Å². The first-order valence-electron chi connectivity index (χ1n) is 6.77. The summed E-state index contributed by atoms with van der Waals surface area (Å²) < 4.78 is 16.2. The van der Waals surface area contributed by atoms with Crippen molar-refractivity contribution in [3.8, 4) is 23.0 Å². The molecular formula is C17H13BrO5. The number of allylic oxidation sites excluding steroid dienone is 1. The van der Waals surface area contributed by atoms with Crippen molar-refractivity contribution in [1.29, 1.82) is 0 Å². The van der Waals surface area contributed by atoms with Gasteiger partial charge < -0.3 is 19.3 Å². The van der Waals surface area contributed by atoms with E-state index in [-0.39, 0.29) is 18.3 Å². The second-order valence-electron chi connectivity index (χ2n) is 4.81. The summed E-state index contributed by atoms with van der Waals surface area (Å²) in [7, 11) is 1.47. The Kier molecular flexibility index (Phi) is 4.25. The molecule has 1 heterocycles. The molecule has 3 rings (SSSR count). The zero-order valence-corrected chi connectivity index (χ0v) is 13.8. The Balaban J connectivity index is 1.82. The predicted octanol–water partition coefficient (Wildman–Crippen LogP) is 3.79. The number of ketones is 1. The van der Waals surface area contributed by atoms with Crippen LogP contribution in [0, 0.1) is 0 Å². The van der Waals surface area contributed by atoms with Gasteiger partial charge in [0.2, 0.25) is 6.79 Å². The van der Waals surface area contributed by atoms with E-state index in [1.54, 1.807) is 30.3 Å². The molecule has 0 saturated heterocycles. The second kappa shape index (κ2) is 6.34. The molecule has 2 aromatic rings. The fourth-order valence-electron chi connectivity index (χ4n) is 2.16. The molecule has 1 aliphatic rings. The lowest BCUT2D eigenvalue weighted by Crippen LogP contribution is -1.94. The van der Waals surface area contributed by atoms with Crippen molar-refractivity contribution in [2.75, 3.05) is 13.9 Å². The molecule has 118 valence electrons. The lowest BCUT2D eigenvalue weighted by molar-refractivity contribution is 0.104. The third kappa shape index (κ3) is 3.17. The molecule has 0 bridgehead atoms. The summed E-state index contributed by atoms with van der Waals surface area (Å²) in [5.41, 5.74) is 1.16. The van der Waals surface area contributed by atoms with Crippen molar-refractivity contribution >= 4 is 27.8 Å². The average molecular weight is 377 g/mol. The summed E-state index contributed by atoms with van der Waals surface area (Å²) in [5, 5.41) is 9.81. The minimum absolute atomic E-state index is 0.00544. The van der Waals surface area contributed by atoms with E-state index in [1.807, 2.05) is 0 Å². The van der Waals surface area contributed by atoms with E-state index >= 15 is 0 Å². The molecule has 1 aliphatic heterocycles. The average Bonchev–Trinajstić information content (AvgIpc) is 3.02. The number of benzene rings is 2. The lowest BCUT2D eigenvalue weighted by atomic mass is 10.1. The number of fused-ring (bicyclic) bond motifs is 1. The van der Waals surface area contributed by atoms with Crippen LogP contribution in [0.3, 0.4) is 0 Å². The normalized spacial score (nSPS) is 12.6. The number of methoxy groups -OCH3 is 1. The van der Waals surface area contributed by atoms with Crippen molar-refractivity contribution in [3.05, 3.63) is 52.0 Å². The standard InChI is InChI=1S/C17H13BrO5/c1-21-16-8-12(18)10(6-14(16)20)2-4-13(19)11-3-5-15-17(7-11)23-9-22-15/h2-8,20H,9H2,1H3/b4-2+. The molecule has 23 heavy (non-hydrogen) atoms. The van der Waals surface area contributed by atoms with Gasteiger partial charge in [0.05, 0.1) is 7.11 Å². The Morgan fingerprint density at radius 1 is 1.26 bits per heavy atom. The van der Waals surface area contributed by atoms with E-state index in [0.717, 1.165) is 0 Å². The van der Waals surface area contributed by atoms with Crippen molar-refractivity contribution < 1.29 is 24.1 Å². The molecule has 0 aliphatic carbocycles. The van der Waals surface area contributed by atoms with Gasteiger partial charge in [0, 0.05) is 10.0 Å². The molecule has 0 spiro atoms. The van der Waals surface area contributed by atoms with Crippen molar-refractivity contribution in [2.45, 2.75) is 0 Å². The monoisotopic (exact) mass is 376 g/mol. The highest BCUT2D eigenvalue weighted by atomic mass is 79.9. The first-order chi connectivity index (χ1) is 11.1. The second-order valence-corrected chi connectivity index (χ2v) is 5.67. The van der Waals surface area contributed by atoms with Crippen LogP contribution in [0.2, 0.25) is 0 Å². The number of halogens is 1. The Bertz CT molecular complexity index is 798. The van der Waals surface area contributed by atoms with Gasteiger partial charge in [-0.15, -0.1) is 0 Å². The van der Waals surface area contributed by atoms with E-state index in [1.165, 1.54) is 19.3 Å². The first kappa shape index (κ1) is 15.4. The summed E-state index contributed by atoms with van der Waals surface area (Å²) in [5.74, 6) is 1.38. The number of carbonyl (C=O) groups excluding carboxylic acids is 1. The minimum atomic E-state index is -0.175. The van der Waals surface area contributed by atoms with Crippen molar-refractivity contribution in [3.63, 3.8) is 0 Å². The molecule has 0 saturated carbocycles. The third-order valence-corrected chi connectivity index (χ3v) is 4.06. The zero-order valence-electron chi connectivity index (χ0n) is 12.2. The minimum Gasteiger partial charge on any atom is -0.504 e. The quantitative estimate of drug-likeness (QED) is 0.649.